The molecule has 29 heavy (non-hydrogen) atoms. The van der Waals surface area contributed by atoms with Crippen LogP contribution >= 0.6 is 23.2 Å². The monoisotopic (exact) mass is 421 g/mol. The standard InChI is InChI=1S/C20H13Cl2N7/c21-12-6-7-14(16(22)8-12)15-9-24-10-17-18(15)28(13-4-2-1-3-5-13)20(27-17)29-19(23)25-11-26-29/h1-11H,(H2,23,25,26). The molecule has 0 saturated carbocycles. The van der Waals surface area contributed by atoms with Crippen molar-refractivity contribution in [1.82, 2.24) is 29.3 Å². The second kappa shape index (κ2) is 6.88. The molecule has 0 aliphatic carbocycles. The second-order valence-corrected chi connectivity index (χ2v) is 7.14. The molecule has 3 aromatic heterocycles. The van der Waals surface area contributed by atoms with Crippen LogP contribution in [0.4, 0.5) is 5.95 Å². The summed E-state index contributed by atoms with van der Waals surface area (Å²) in [6.07, 6.45) is 4.84. The van der Waals surface area contributed by atoms with Crippen molar-refractivity contribution in [2.24, 2.45) is 0 Å². The largest absolute Gasteiger partial charge is 0.368 e. The second-order valence-electron chi connectivity index (χ2n) is 6.29. The van der Waals surface area contributed by atoms with Crippen molar-refractivity contribution < 1.29 is 0 Å². The fourth-order valence-electron chi connectivity index (χ4n) is 3.29. The molecule has 0 amide bonds. The SMILES string of the molecule is Nc1ncnn1-c1nc2cncc(-c3ccc(Cl)cc3Cl)c2n1-c1ccccc1. The summed E-state index contributed by atoms with van der Waals surface area (Å²) in [6.45, 7) is 0. The van der Waals surface area contributed by atoms with Crippen LogP contribution in [0.3, 0.4) is 0 Å². The molecule has 5 aromatic rings. The van der Waals surface area contributed by atoms with Crippen LogP contribution in [-0.4, -0.2) is 29.3 Å². The molecule has 0 atom stereocenters. The third-order valence-electron chi connectivity index (χ3n) is 4.54. The molecule has 2 N–H and O–H groups in total. The zero-order valence-corrected chi connectivity index (χ0v) is 16.4. The zero-order valence-electron chi connectivity index (χ0n) is 14.9. The molecule has 0 aliphatic heterocycles. The van der Waals surface area contributed by atoms with Gasteiger partial charge in [-0.15, -0.1) is 0 Å². The van der Waals surface area contributed by atoms with Gasteiger partial charge in [0.1, 0.15) is 11.8 Å². The summed E-state index contributed by atoms with van der Waals surface area (Å²) in [6, 6.07) is 15.2. The highest BCUT2D eigenvalue weighted by Crippen LogP contribution is 2.36. The molecule has 0 radical (unpaired) electrons. The highest BCUT2D eigenvalue weighted by molar-refractivity contribution is 6.36. The molecule has 0 unspecified atom stereocenters. The van der Waals surface area contributed by atoms with Crippen LogP contribution in [0.15, 0.2) is 67.3 Å². The first-order valence-corrected chi connectivity index (χ1v) is 9.42. The van der Waals surface area contributed by atoms with E-state index in [1.54, 1.807) is 24.5 Å². The molecular weight excluding hydrogens is 409 g/mol. The molecule has 7 nitrogen and oxygen atoms in total. The minimum absolute atomic E-state index is 0.233. The first kappa shape index (κ1) is 17.7. The number of nitrogen functional groups attached to an aromatic ring is 1. The topological polar surface area (TPSA) is 87.4 Å². The highest BCUT2D eigenvalue weighted by Gasteiger charge is 2.21. The Kier molecular flexibility index (Phi) is 4.19. The molecule has 0 bridgehead atoms. The van der Waals surface area contributed by atoms with E-state index in [1.807, 2.05) is 41.0 Å². The molecule has 0 spiro atoms. The number of nitrogens with zero attached hydrogens (tertiary/aromatic N) is 6. The van der Waals surface area contributed by atoms with Crippen molar-refractivity contribution >= 4 is 40.2 Å². The van der Waals surface area contributed by atoms with Crippen LogP contribution in [0.2, 0.25) is 10.0 Å². The van der Waals surface area contributed by atoms with Crippen molar-refractivity contribution in [3.05, 3.63) is 77.3 Å². The normalized spacial score (nSPS) is 11.2. The number of para-hydroxylation sites is 1. The van der Waals surface area contributed by atoms with Gasteiger partial charge in [0, 0.05) is 28.0 Å². The molecule has 0 aliphatic rings. The van der Waals surface area contributed by atoms with Gasteiger partial charge in [-0.2, -0.15) is 14.8 Å². The number of fused-ring (bicyclic) bond motifs is 1. The van der Waals surface area contributed by atoms with Gasteiger partial charge in [-0.05, 0) is 24.3 Å². The summed E-state index contributed by atoms with van der Waals surface area (Å²) in [4.78, 5) is 13.1. The van der Waals surface area contributed by atoms with E-state index < -0.39 is 0 Å². The van der Waals surface area contributed by atoms with Crippen molar-refractivity contribution in [1.29, 1.82) is 0 Å². The number of benzene rings is 2. The molecule has 9 heteroatoms. The fraction of sp³-hybridized carbons (Fsp3) is 0. The number of anilines is 1. The van der Waals surface area contributed by atoms with Gasteiger partial charge >= 0.3 is 0 Å². The van der Waals surface area contributed by atoms with Crippen LogP contribution in [0.25, 0.3) is 33.8 Å². The first-order chi connectivity index (χ1) is 14.1. The maximum Gasteiger partial charge on any atom is 0.239 e. The summed E-state index contributed by atoms with van der Waals surface area (Å²) < 4.78 is 3.45. The van der Waals surface area contributed by atoms with Gasteiger partial charge in [-0.25, -0.2) is 4.98 Å². The molecular formula is C20H13Cl2N7. The van der Waals surface area contributed by atoms with E-state index in [-0.39, 0.29) is 5.95 Å². The molecule has 2 aromatic carbocycles. The van der Waals surface area contributed by atoms with Gasteiger partial charge in [0.15, 0.2) is 0 Å². The molecule has 142 valence electrons. The summed E-state index contributed by atoms with van der Waals surface area (Å²) in [5.74, 6) is 0.733. The quantitative estimate of drug-likeness (QED) is 0.461. The van der Waals surface area contributed by atoms with Crippen molar-refractivity contribution in [3.8, 4) is 22.8 Å². The van der Waals surface area contributed by atoms with Crippen LogP contribution < -0.4 is 5.73 Å². The van der Waals surface area contributed by atoms with Crippen molar-refractivity contribution in [2.75, 3.05) is 5.73 Å². The van der Waals surface area contributed by atoms with Gasteiger partial charge in [-0.1, -0.05) is 47.5 Å². The van der Waals surface area contributed by atoms with Crippen molar-refractivity contribution in [3.63, 3.8) is 0 Å². The van der Waals surface area contributed by atoms with Gasteiger partial charge < -0.3 is 5.73 Å². The van der Waals surface area contributed by atoms with E-state index in [0.717, 1.165) is 22.3 Å². The number of hydrogen-bond donors (Lipinski definition) is 1. The Morgan fingerprint density at radius 2 is 1.76 bits per heavy atom. The third kappa shape index (κ3) is 2.91. The number of hydrogen-bond acceptors (Lipinski definition) is 5. The minimum atomic E-state index is 0.233. The van der Waals surface area contributed by atoms with Gasteiger partial charge in [0.2, 0.25) is 11.9 Å². The van der Waals surface area contributed by atoms with E-state index in [1.165, 1.54) is 11.0 Å². The van der Waals surface area contributed by atoms with Gasteiger partial charge in [0.05, 0.1) is 16.7 Å². The van der Waals surface area contributed by atoms with E-state index >= 15 is 0 Å². The lowest BCUT2D eigenvalue weighted by Gasteiger charge is -2.12. The predicted molar refractivity (Wildman–Crippen MR) is 114 cm³/mol. The predicted octanol–water partition coefficient (Wildman–Crippen LogP) is 4.56. The summed E-state index contributed by atoms with van der Waals surface area (Å²) in [5, 5.41) is 5.32. The molecule has 0 saturated heterocycles. The summed E-state index contributed by atoms with van der Waals surface area (Å²) >= 11 is 12.6. The smallest absolute Gasteiger partial charge is 0.239 e. The maximum absolute atomic E-state index is 6.50. The Morgan fingerprint density at radius 1 is 0.931 bits per heavy atom. The summed E-state index contributed by atoms with van der Waals surface area (Å²) in [5.41, 5.74) is 10.00. The first-order valence-electron chi connectivity index (χ1n) is 8.66. The number of halogens is 2. The number of rotatable bonds is 3. The van der Waals surface area contributed by atoms with E-state index in [2.05, 4.69) is 15.1 Å². The Labute approximate surface area is 175 Å². The fourth-order valence-corrected chi connectivity index (χ4v) is 3.80. The van der Waals surface area contributed by atoms with Gasteiger partial charge in [-0.3, -0.25) is 9.55 Å². The van der Waals surface area contributed by atoms with E-state index in [0.29, 0.717) is 21.5 Å². The molecule has 5 rings (SSSR count). The van der Waals surface area contributed by atoms with Gasteiger partial charge in [0.25, 0.3) is 0 Å². The van der Waals surface area contributed by atoms with Crippen LogP contribution in [0.1, 0.15) is 0 Å². The van der Waals surface area contributed by atoms with Crippen molar-refractivity contribution in [2.45, 2.75) is 0 Å². The van der Waals surface area contributed by atoms with E-state index in [9.17, 15) is 0 Å². The third-order valence-corrected chi connectivity index (χ3v) is 5.09. The lowest BCUT2D eigenvalue weighted by molar-refractivity contribution is 0.804. The Hall–Kier alpha value is -3.42. The Bertz CT molecular complexity index is 1340. The average molecular weight is 422 g/mol. The summed E-state index contributed by atoms with van der Waals surface area (Å²) in [7, 11) is 0. The van der Waals surface area contributed by atoms with Crippen LogP contribution in [0, 0.1) is 0 Å². The molecule has 3 heterocycles. The Balaban J connectivity index is 1.90. The number of imidazole rings is 1. The minimum Gasteiger partial charge on any atom is -0.368 e. The maximum atomic E-state index is 6.50. The highest BCUT2D eigenvalue weighted by atomic mass is 35.5. The average Bonchev–Trinajstić information content (AvgIpc) is 3.31. The lowest BCUT2D eigenvalue weighted by Crippen LogP contribution is -2.10. The lowest BCUT2D eigenvalue weighted by atomic mass is 10.1. The number of aromatic nitrogens is 6. The number of pyridine rings is 1. The van der Waals surface area contributed by atoms with E-state index in [4.69, 9.17) is 33.9 Å². The van der Waals surface area contributed by atoms with Crippen LogP contribution in [0.5, 0.6) is 0 Å². The number of nitrogens with two attached hydrogens (primary N) is 1. The zero-order chi connectivity index (χ0) is 20.0. The Morgan fingerprint density at radius 3 is 2.48 bits per heavy atom. The molecule has 0 fully saturated rings. The van der Waals surface area contributed by atoms with Crippen LogP contribution in [-0.2, 0) is 0 Å².